The summed E-state index contributed by atoms with van der Waals surface area (Å²) in [5.74, 6) is 0. The first-order chi connectivity index (χ1) is 10.7. The second-order valence-electron chi connectivity index (χ2n) is 5.46. The molecule has 5 nitrogen and oxygen atoms in total. The first-order valence-electron chi connectivity index (χ1n) is 7.38. The number of aromatic nitrogens is 1. The summed E-state index contributed by atoms with van der Waals surface area (Å²) in [6.45, 7) is 2.39. The number of urea groups is 1. The Balaban J connectivity index is 1.81. The van der Waals surface area contributed by atoms with Crippen LogP contribution in [-0.2, 0) is 6.42 Å². The molecular formula is C17H19N3O2. The van der Waals surface area contributed by atoms with E-state index in [9.17, 15) is 9.90 Å². The molecule has 0 radical (unpaired) electrons. The van der Waals surface area contributed by atoms with E-state index in [1.165, 1.54) is 5.56 Å². The Hall–Kier alpha value is -2.40. The van der Waals surface area contributed by atoms with Crippen LogP contribution in [0.2, 0.25) is 0 Å². The Kier molecular flexibility index (Phi) is 4.06. The number of nitrogens with zero attached hydrogens (tertiary/aromatic N) is 2. The summed E-state index contributed by atoms with van der Waals surface area (Å²) in [6.07, 6.45) is 2.47. The molecule has 0 fully saturated rings. The molecule has 0 saturated carbocycles. The molecule has 1 aliphatic rings. The van der Waals surface area contributed by atoms with Gasteiger partial charge in [0.25, 0.3) is 0 Å². The number of benzene rings is 1. The summed E-state index contributed by atoms with van der Waals surface area (Å²) in [7, 11) is 0. The molecule has 0 bridgehead atoms. The van der Waals surface area contributed by atoms with Crippen molar-refractivity contribution >= 4 is 11.7 Å². The summed E-state index contributed by atoms with van der Waals surface area (Å²) in [5.41, 5.74) is 3.79. The SMILES string of the molecule is Cc1cc(NC(=O)N2CCc3ccccc3C2CO)ccn1. The van der Waals surface area contributed by atoms with Crippen LogP contribution in [0.4, 0.5) is 10.5 Å². The van der Waals surface area contributed by atoms with Crippen LogP contribution >= 0.6 is 0 Å². The van der Waals surface area contributed by atoms with Gasteiger partial charge in [-0.25, -0.2) is 4.79 Å². The molecule has 1 aliphatic heterocycles. The van der Waals surface area contributed by atoms with E-state index in [0.717, 1.165) is 17.7 Å². The highest BCUT2D eigenvalue weighted by Gasteiger charge is 2.30. The maximum Gasteiger partial charge on any atom is 0.322 e. The van der Waals surface area contributed by atoms with E-state index in [1.54, 1.807) is 17.2 Å². The number of nitrogens with one attached hydrogen (secondary N) is 1. The molecule has 22 heavy (non-hydrogen) atoms. The average Bonchev–Trinajstić information content (AvgIpc) is 2.53. The quantitative estimate of drug-likeness (QED) is 0.895. The Bertz CT molecular complexity index is 687. The summed E-state index contributed by atoms with van der Waals surface area (Å²) in [6, 6.07) is 11.1. The van der Waals surface area contributed by atoms with Gasteiger partial charge in [-0.15, -0.1) is 0 Å². The average molecular weight is 297 g/mol. The van der Waals surface area contributed by atoms with Crippen LogP contribution in [0.25, 0.3) is 0 Å². The highest BCUT2D eigenvalue weighted by molar-refractivity contribution is 5.89. The molecular weight excluding hydrogens is 278 g/mol. The number of aliphatic hydroxyl groups excluding tert-OH is 1. The van der Waals surface area contributed by atoms with Gasteiger partial charge in [0.2, 0.25) is 0 Å². The number of anilines is 1. The zero-order valence-electron chi connectivity index (χ0n) is 12.5. The molecule has 1 aromatic heterocycles. The monoisotopic (exact) mass is 297 g/mol. The number of pyridine rings is 1. The predicted molar refractivity (Wildman–Crippen MR) is 84.7 cm³/mol. The number of carbonyl (C=O) groups excluding carboxylic acids is 1. The Morgan fingerprint density at radius 3 is 3.00 bits per heavy atom. The Morgan fingerprint density at radius 2 is 2.23 bits per heavy atom. The van der Waals surface area contributed by atoms with Gasteiger partial charge >= 0.3 is 6.03 Å². The maximum atomic E-state index is 12.5. The number of aryl methyl sites for hydroxylation is 1. The fraction of sp³-hybridized carbons (Fsp3) is 0.294. The van der Waals surface area contributed by atoms with Crippen molar-refractivity contribution in [1.29, 1.82) is 0 Å². The van der Waals surface area contributed by atoms with Crippen molar-refractivity contribution < 1.29 is 9.90 Å². The number of aliphatic hydroxyl groups is 1. The summed E-state index contributed by atoms with van der Waals surface area (Å²) in [4.78, 5) is 18.3. The molecule has 3 rings (SSSR count). The van der Waals surface area contributed by atoms with Crippen molar-refractivity contribution in [1.82, 2.24) is 9.88 Å². The van der Waals surface area contributed by atoms with E-state index < -0.39 is 0 Å². The lowest BCUT2D eigenvalue weighted by atomic mass is 9.93. The smallest absolute Gasteiger partial charge is 0.322 e. The third-order valence-electron chi connectivity index (χ3n) is 3.99. The van der Waals surface area contributed by atoms with E-state index in [-0.39, 0.29) is 18.7 Å². The molecule has 2 aromatic rings. The van der Waals surface area contributed by atoms with Crippen LogP contribution in [0.5, 0.6) is 0 Å². The van der Waals surface area contributed by atoms with Crippen molar-refractivity contribution in [2.24, 2.45) is 0 Å². The van der Waals surface area contributed by atoms with Gasteiger partial charge < -0.3 is 15.3 Å². The minimum Gasteiger partial charge on any atom is -0.394 e. The van der Waals surface area contributed by atoms with Crippen LogP contribution in [0.15, 0.2) is 42.6 Å². The zero-order chi connectivity index (χ0) is 15.5. The molecule has 0 aliphatic carbocycles. The summed E-state index contributed by atoms with van der Waals surface area (Å²) in [5, 5.41) is 12.6. The minimum absolute atomic E-state index is 0.0835. The van der Waals surface area contributed by atoms with E-state index in [4.69, 9.17) is 0 Å². The molecule has 2 N–H and O–H groups in total. The predicted octanol–water partition coefficient (Wildman–Crippen LogP) is 2.51. The van der Waals surface area contributed by atoms with Gasteiger partial charge in [-0.1, -0.05) is 24.3 Å². The molecule has 1 aromatic carbocycles. The lowest BCUT2D eigenvalue weighted by molar-refractivity contribution is 0.135. The largest absolute Gasteiger partial charge is 0.394 e. The van der Waals surface area contributed by atoms with Crippen molar-refractivity contribution in [2.45, 2.75) is 19.4 Å². The van der Waals surface area contributed by atoms with Gasteiger partial charge in [0.1, 0.15) is 0 Å². The van der Waals surface area contributed by atoms with Crippen molar-refractivity contribution in [3.8, 4) is 0 Å². The Labute approximate surface area is 129 Å². The number of amides is 2. The van der Waals surface area contributed by atoms with Crippen LogP contribution in [0.3, 0.4) is 0 Å². The summed E-state index contributed by atoms with van der Waals surface area (Å²) >= 11 is 0. The van der Waals surface area contributed by atoms with E-state index in [1.807, 2.05) is 31.2 Å². The zero-order valence-corrected chi connectivity index (χ0v) is 12.5. The summed E-state index contributed by atoms with van der Waals surface area (Å²) < 4.78 is 0. The molecule has 2 amide bonds. The minimum atomic E-state index is -0.298. The van der Waals surface area contributed by atoms with Gasteiger partial charge in [0, 0.05) is 24.1 Å². The van der Waals surface area contributed by atoms with E-state index in [0.29, 0.717) is 12.2 Å². The fourth-order valence-corrected chi connectivity index (χ4v) is 2.91. The van der Waals surface area contributed by atoms with Gasteiger partial charge in [-0.05, 0) is 36.6 Å². The van der Waals surface area contributed by atoms with E-state index in [2.05, 4.69) is 16.4 Å². The molecule has 0 spiro atoms. The number of rotatable bonds is 2. The van der Waals surface area contributed by atoms with E-state index >= 15 is 0 Å². The lowest BCUT2D eigenvalue weighted by Gasteiger charge is -2.36. The molecule has 114 valence electrons. The fourth-order valence-electron chi connectivity index (χ4n) is 2.91. The highest BCUT2D eigenvalue weighted by Crippen LogP contribution is 2.29. The third kappa shape index (κ3) is 2.80. The number of hydrogen-bond acceptors (Lipinski definition) is 3. The highest BCUT2D eigenvalue weighted by atomic mass is 16.3. The van der Waals surface area contributed by atoms with Crippen molar-refractivity contribution in [3.05, 3.63) is 59.4 Å². The van der Waals surface area contributed by atoms with Crippen LogP contribution in [0.1, 0.15) is 22.9 Å². The maximum absolute atomic E-state index is 12.5. The van der Waals surface area contributed by atoms with Crippen LogP contribution in [0, 0.1) is 6.92 Å². The molecule has 5 heteroatoms. The van der Waals surface area contributed by atoms with Crippen LogP contribution in [-0.4, -0.2) is 34.2 Å². The van der Waals surface area contributed by atoms with Gasteiger partial charge in [-0.2, -0.15) is 0 Å². The van der Waals surface area contributed by atoms with Gasteiger partial charge in [0.15, 0.2) is 0 Å². The number of carbonyl (C=O) groups is 1. The van der Waals surface area contributed by atoms with Crippen LogP contribution < -0.4 is 5.32 Å². The standard InChI is InChI=1S/C17H19N3O2/c1-12-10-14(6-8-18-12)19-17(22)20-9-7-13-4-2-3-5-15(13)16(20)11-21/h2-6,8,10,16,21H,7,9,11H2,1H3,(H,18,19,22). The van der Waals surface area contributed by atoms with Crippen molar-refractivity contribution in [2.75, 3.05) is 18.5 Å². The Morgan fingerprint density at radius 1 is 1.41 bits per heavy atom. The number of fused-ring (bicyclic) bond motifs is 1. The molecule has 1 atom stereocenters. The molecule has 1 unspecified atom stereocenters. The third-order valence-corrected chi connectivity index (χ3v) is 3.99. The first-order valence-corrected chi connectivity index (χ1v) is 7.38. The normalized spacial score (nSPS) is 17.0. The van der Waals surface area contributed by atoms with Gasteiger partial charge in [0.05, 0.1) is 12.6 Å². The topological polar surface area (TPSA) is 65.5 Å². The van der Waals surface area contributed by atoms with Gasteiger partial charge in [-0.3, -0.25) is 4.98 Å². The lowest BCUT2D eigenvalue weighted by Crippen LogP contribution is -2.43. The first kappa shape index (κ1) is 14.5. The number of hydrogen-bond donors (Lipinski definition) is 2. The second-order valence-corrected chi connectivity index (χ2v) is 5.46. The second kappa shape index (κ2) is 6.15. The molecule has 0 saturated heterocycles. The molecule has 2 heterocycles. The van der Waals surface area contributed by atoms with Crippen molar-refractivity contribution in [3.63, 3.8) is 0 Å².